The van der Waals surface area contributed by atoms with Crippen molar-refractivity contribution in [2.45, 2.75) is 26.8 Å². The van der Waals surface area contributed by atoms with Gasteiger partial charge in [0.1, 0.15) is 5.75 Å². The quantitative estimate of drug-likeness (QED) is 0.842. The molecule has 0 aliphatic heterocycles. The van der Waals surface area contributed by atoms with Gasteiger partial charge in [-0.3, -0.25) is 0 Å². The van der Waals surface area contributed by atoms with E-state index in [2.05, 4.69) is 6.92 Å². The highest BCUT2D eigenvalue weighted by Gasteiger charge is 2.03. The number of ether oxygens (including phenoxy) is 1. The molecule has 0 spiro atoms. The molecule has 0 saturated heterocycles. The fourth-order valence-corrected chi connectivity index (χ4v) is 1.42. The van der Waals surface area contributed by atoms with Crippen LogP contribution in [0, 0.1) is 6.92 Å². The third kappa shape index (κ3) is 3.20. The van der Waals surface area contributed by atoms with E-state index in [-0.39, 0.29) is 18.4 Å². The topological polar surface area (TPSA) is 35.2 Å². The molecule has 1 atom stereocenters. The SMILES string of the molecule is CCOc1ccc([C@@H](C)N)c(C)c1.Cl. The van der Waals surface area contributed by atoms with Crippen LogP contribution >= 0.6 is 12.4 Å². The van der Waals surface area contributed by atoms with Crippen molar-refractivity contribution >= 4 is 12.4 Å². The van der Waals surface area contributed by atoms with Gasteiger partial charge in [0.25, 0.3) is 0 Å². The number of hydrogen-bond donors (Lipinski definition) is 1. The van der Waals surface area contributed by atoms with Crippen molar-refractivity contribution < 1.29 is 4.74 Å². The fourth-order valence-electron chi connectivity index (χ4n) is 1.42. The molecule has 0 heterocycles. The average molecular weight is 216 g/mol. The first-order valence-corrected chi connectivity index (χ1v) is 4.64. The Bertz CT molecular complexity index is 287. The monoisotopic (exact) mass is 215 g/mol. The second-order valence-corrected chi connectivity index (χ2v) is 3.24. The second-order valence-electron chi connectivity index (χ2n) is 3.24. The summed E-state index contributed by atoms with van der Waals surface area (Å²) in [5.74, 6) is 0.921. The summed E-state index contributed by atoms with van der Waals surface area (Å²) in [7, 11) is 0. The average Bonchev–Trinajstić information content (AvgIpc) is 2.04. The predicted octanol–water partition coefficient (Wildman–Crippen LogP) is 2.84. The highest BCUT2D eigenvalue weighted by Crippen LogP contribution is 2.20. The lowest BCUT2D eigenvalue weighted by atomic mass is 10.0. The first-order chi connectivity index (χ1) is 6.15. The standard InChI is InChI=1S/C11H17NO.ClH/c1-4-13-10-5-6-11(9(3)12)8(2)7-10;/h5-7,9H,4,12H2,1-3H3;1H/t9-;/m1./s1. The van der Waals surface area contributed by atoms with Gasteiger partial charge in [-0.1, -0.05) is 6.07 Å². The number of halogens is 1. The fraction of sp³-hybridized carbons (Fsp3) is 0.455. The summed E-state index contributed by atoms with van der Waals surface area (Å²) in [4.78, 5) is 0. The number of benzene rings is 1. The van der Waals surface area contributed by atoms with Crippen molar-refractivity contribution in [2.75, 3.05) is 6.61 Å². The van der Waals surface area contributed by atoms with Crippen LogP contribution in [0.4, 0.5) is 0 Å². The van der Waals surface area contributed by atoms with Crippen molar-refractivity contribution in [1.29, 1.82) is 0 Å². The Morgan fingerprint density at radius 2 is 2.07 bits per heavy atom. The first kappa shape index (κ1) is 13.3. The van der Waals surface area contributed by atoms with Crippen LogP contribution in [0.1, 0.15) is 31.0 Å². The smallest absolute Gasteiger partial charge is 0.119 e. The summed E-state index contributed by atoms with van der Waals surface area (Å²) in [6.45, 7) is 6.73. The van der Waals surface area contributed by atoms with Gasteiger partial charge >= 0.3 is 0 Å². The van der Waals surface area contributed by atoms with E-state index in [1.165, 1.54) is 11.1 Å². The Hall–Kier alpha value is -0.730. The van der Waals surface area contributed by atoms with Gasteiger partial charge < -0.3 is 10.5 Å². The summed E-state index contributed by atoms with van der Waals surface area (Å²) in [6, 6.07) is 6.12. The number of nitrogens with two attached hydrogens (primary N) is 1. The number of rotatable bonds is 3. The van der Waals surface area contributed by atoms with E-state index in [4.69, 9.17) is 10.5 Å². The van der Waals surface area contributed by atoms with Crippen LogP contribution in [-0.2, 0) is 0 Å². The third-order valence-corrected chi connectivity index (χ3v) is 2.04. The van der Waals surface area contributed by atoms with Gasteiger partial charge in [-0.2, -0.15) is 0 Å². The van der Waals surface area contributed by atoms with Crippen molar-refractivity contribution in [3.63, 3.8) is 0 Å². The molecule has 80 valence electrons. The van der Waals surface area contributed by atoms with Crippen LogP contribution in [-0.4, -0.2) is 6.61 Å². The maximum absolute atomic E-state index is 5.80. The van der Waals surface area contributed by atoms with Crippen LogP contribution in [0.2, 0.25) is 0 Å². The molecule has 0 saturated carbocycles. The maximum Gasteiger partial charge on any atom is 0.119 e. The molecule has 0 radical (unpaired) electrons. The van der Waals surface area contributed by atoms with Gasteiger partial charge in [-0.05, 0) is 44.0 Å². The largest absolute Gasteiger partial charge is 0.494 e. The van der Waals surface area contributed by atoms with Crippen molar-refractivity contribution in [3.05, 3.63) is 29.3 Å². The lowest BCUT2D eigenvalue weighted by molar-refractivity contribution is 0.340. The van der Waals surface area contributed by atoms with Gasteiger partial charge in [0, 0.05) is 6.04 Å². The molecular weight excluding hydrogens is 198 g/mol. The van der Waals surface area contributed by atoms with E-state index in [1.54, 1.807) is 0 Å². The molecule has 0 fully saturated rings. The zero-order valence-corrected chi connectivity index (χ0v) is 9.73. The predicted molar refractivity (Wildman–Crippen MR) is 62.2 cm³/mol. The van der Waals surface area contributed by atoms with Crippen LogP contribution in [0.15, 0.2) is 18.2 Å². The van der Waals surface area contributed by atoms with Crippen molar-refractivity contribution in [3.8, 4) is 5.75 Å². The zero-order valence-electron chi connectivity index (χ0n) is 8.91. The van der Waals surface area contributed by atoms with Gasteiger partial charge in [0.2, 0.25) is 0 Å². The summed E-state index contributed by atoms with van der Waals surface area (Å²) in [6.07, 6.45) is 0. The zero-order chi connectivity index (χ0) is 9.84. The Kier molecular flexibility index (Phi) is 5.58. The molecule has 3 heteroatoms. The van der Waals surface area contributed by atoms with E-state index < -0.39 is 0 Å². The number of hydrogen-bond acceptors (Lipinski definition) is 2. The molecule has 14 heavy (non-hydrogen) atoms. The van der Waals surface area contributed by atoms with Crippen LogP contribution in [0.3, 0.4) is 0 Å². The van der Waals surface area contributed by atoms with Crippen molar-refractivity contribution in [1.82, 2.24) is 0 Å². The highest BCUT2D eigenvalue weighted by atomic mass is 35.5. The van der Waals surface area contributed by atoms with Gasteiger partial charge in [-0.15, -0.1) is 12.4 Å². The molecule has 1 aromatic rings. The molecule has 1 aromatic carbocycles. The minimum atomic E-state index is 0. The third-order valence-electron chi connectivity index (χ3n) is 2.04. The van der Waals surface area contributed by atoms with Gasteiger partial charge in [0.05, 0.1) is 6.61 Å². The molecule has 2 N–H and O–H groups in total. The molecule has 0 aliphatic rings. The number of aryl methyl sites for hydroxylation is 1. The molecule has 0 aromatic heterocycles. The summed E-state index contributed by atoms with van der Waals surface area (Å²) < 4.78 is 5.38. The van der Waals surface area contributed by atoms with E-state index in [1.807, 2.05) is 32.0 Å². The van der Waals surface area contributed by atoms with E-state index in [0.717, 1.165) is 5.75 Å². The Labute approximate surface area is 91.9 Å². The Morgan fingerprint density at radius 1 is 1.43 bits per heavy atom. The highest BCUT2D eigenvalue weighted by molar-refractivity contribution is 5.85. The Morgan fingerprint density at radius 3 is 2.50 bits per heavy atom. The van der Waals surface area contributed by atoms with Gasteiger partial charge in [-0.25, -0.2) is 0 Å². The van der Waals surface area contributed by atoms with Crippen LogP contribution in [0.5, 0.6) is 5.75 Å². The maximum atomic E-state index is 5.80. The normalized spacial score (nSPS) is 11.7. The lowest BCUT2D eigenvalue weighted by Gasteiger charge is -2.11. The molecule has 2 nitrogen and oxygen atoms in total. The molecule has 0 amide bonds. The minimum absolute atomic E-state index is 0. The van der Waals surface area contributed by atoms with E-state index >= 15 is 0 Å². The molecule has 0 aliphatic carbocycles. The Balaban J connectivity index is 0.00000169. The molecule has 0 unspecified atom stereocenters. The molecular formula is C11H18ClNO. The lowest BCUT2D eigenvalue weighted by Crippen LogP contribution is -2.06. The van der Waals surface area contributed by atoms with Crippen molar-refractivity contribution in [2.24, 2.45) is 5.73 Å². The summed E-state index contributed by atoms with van der Waals surface area (Å²) in [5, 5.41) is 0. The molecule has 1 rings (SSSR count). The summed E-state index contributed by atoms with van der Waals surface area (Å²) in [5.41, 5.74) is 8.18. The van der Waals surface area contributed by atoms with E-state index in [0.29, 0.717) is 6.61 Å². The molecule has 0 bridgehead atoms. The second kappa shape index (κ2) is 5.89. The van der Waals surface area contributed by atoms with Crippen LogP contribution < -0.4 is 10.5 Å². The minimum Gasteiger partial charge on any atom is -0.494 e. The van der Waals surface area contributed by atoms with Gasteiger partial charge in [0.15, 0.2) is 0 Å². The van der Waals surface area contributed by atoms with Crippen LogP contribution in [0.25, 0.3) is 0 Å². The van der Waals surface area contributed by atoms with E-state index in [9.17, 15) is 0 Å². The first-order valence-electron chi connectivity index (χ1n) is 4.64. The summed E-state index contributed by atoms with van der Waals surface area (Å²) >= 11 is 0.